The standard InChI is InChI=1S/C11H18N2O8/c1-4(15)13-9-8(7(17)5(16)3-14)21-6(10(18)19)2-11(9,12)20/h2,5,7-9,14,16-17,20H,3,12H2,1H3,(H,13,15)(H,18,19)/t5-,7-,8+,9+,11+/m1/s1. The molecule has 1 aliphatic heterocycles. The lowest BCUT2D eigenvalue weighted by molar-refractivity contribution is -0.157. The fourth-order valence-electron chi connectivity index (χ4n) is 1.93. The van der Waals surface area contributed by atoms with E-state index >= 15 is 0 Å². The molecule has 1 heterocycles. The molecule has 0 spiro atoms. The molecule has 0 saturated heterocycles. The van der Waals surface area contributed by atoms with Crippen LogP contribution in [0, 0.1) is 0 Å². The summed E-state index contributed by atoms with van der Waals surface area (Å²) in [5.41, 5.74) is 3.20. The highest BCUT2D eigenvalue weighted by Crippen LogP contribution is 2.26. The molecule has 1 rings (SSSR count). The van der Waals surface area contributed by atoms with Crippen molar-refractivity contribution in [1.82, 2.24) is 5.32 Å². The van der Waals surface area contributed by atoms with Crippen molar-refractivity contribution in [3.8, 4) is 0 Å². The molecule has 120 valence electrons. The van der Waals surface area contributed by atoms with E-state index in [0.717, 1.165) is 6.92 Å². The lowest BCUT2D eigenvalue weighted by atomic mass is 9.90. The summed E-state index contributed by atoms with van der Waals surface area (Å²) in [6.45, 7) is 0.265. The molecular formula is C11H18N2O8. The van der Waals surface area contributed by atoms with E-state index in [1.165, 1.54) is 0 Å². The summed E-state index contributed by atoms with van der Waals surface area (Å²) < 4.78 is 4.97. The molecule has 0 aromatic heterocycles. The van der Waals surface area contributed by atoms with Gasteiger partial charge in [-0.3, -0.25) is 10.5 Å². The summed E-state index contributed by atoms with van der Waals surface area (Å²) in [4.78, 5) is 22.1. The molecular weight excluding hydrogens is 288 g/mol. The molecule has 10 heteroatoms. The van der Waals surface area contributed by atoms with Crippen molar-refractivity contribution in [2.45, 2.75) is 37.0 Å². The van der Waals surface area contributed by atoms with Gasteiger partial charge in [0.25, 0.3) is 0 Å². The first kappa shape index (κ1) is 17.3. The van der Waals surface area contributed by atoms with Crippen molar-refractivity contribution in [3.05, 3.63) is 11.8 Å². The Labute approximate surface area is 119 Å². The zero-order valence-corrected chi connectivity index (χ0v) is 11.1. The lowest BCUT2D eigenvalue weighted by Crippen LogP contribution is -2.68. The van der Waals surface area contributed by atoms with Crippen LogP contribution in [0.2, 0.25) is 0 Å². The number of aliphatic hydroxyl groups is 4. The number of nitrogens with one attached hydrogen (secondary N) is 1. The van der Waals surface area contributed by atoms with Gasteiger partial charge in [-0.25, -0.2) is 4.79 Å². The molecule has 1 aliphatic rings. The Morgan fingerprint density at radius 1 is 1.52 bits per heavy atom. The molecule has 0 aromatic carbocycles. The Morgan fingerprint density at radius 3 is 2.52 bits per heavy atom. The quantitative estimate of drug-likeness (QED) is 0.250. The summed E-state index contributed by atoms with van der Waals surface area (Å²) >= 11 is 0. The highest BCUT2D eigenvalue weighted by molar-refractivity contribution is 5.85. The monoisotopic (exact) mass is 306 g/mol. The Bertz CT molecular complexity index is 450. The zero-order chi connectivity index (χ0) is 16.4. The van der Waals surface area contributed by atoms with Gasteiger partial charge in [0.1, 0.15) is 18.2 Å². The van der Waals surface area contributed by atoms with E-state index < -0.39 is 54.3 Å². The summed E-state index contributed by atoms with van der Waals surface area (Å²) in [6.07, 6.45) is -4.40. The van der Waals surface area contributed by atoms with Crippen LogP contribution in [-0.2, 0) is 14.3 Å². The van der Waals surface area contributed by atoms with Gasteiger partial charge in [-0.15, -0.1) is 0 Å². The molecule has 8 N–H and O–H groups in total. The normalized spacial score (nSPS) is 31.6. The smallest absolute Gasteiger partial charge is 0.370 e. The average molecular weight is 306 g/mol. The van der Waals surface area contributed by atoms with Crippen LogP contribution in [0.3, 0.4) is 0 Å². The van der Waals surface area contributed by atoms with Crippen molar-refractivity contribution in [2.75, 3.05) is 6.61 Å². The van der Waals surface area contributed by atoms with E-state index in [4.69, 9.17) is 20.7 Å². The number of aliphatic hydroxyl groups excluding tert-OH is 3. The minimum Gasteiger partial charge on any atom is -0.478 e. The van der Waals surface area contributed by atoms with Crippen LogP contribution >= 0.6 is 0 Å². The molecule has 0 radical (unpaired) electrons. The third-order valence-corrected chi connectivity index (χ3v) is 2.94. The maximum Gasteiger partial charge on any atom is 0.370 e. The van der Waals surface area contributed by atoms with Gasteiger partial charge in [0, 0.05) is 13.0 Å². The maximum absolute atomic E-state index is 11.2. The van der Waals surface area contributed by atoms with E-state index in [0.29, 0.717) is 6.08 Å². The van der Waals surface area contributed by atoms with Crippen molar-refractivity contribution < 1.29 is 39.9 Å². The topological polar surface area (TPSA) is 183 Å². The fraction of sp³-hybridized carbons (Fsp3) is 0.636. The predicted molar refractivity (Wildman–Crippen MR) is 66.4 cm³/mol. The highest BCUT2D eigenvalue weighted by atomic mass is 16.5. The Kier molecular flexibility index (Phi) is 5.25. The van der Waals surface area contributed by atoms with E-state index in [1.54, 1.807) is 0 Å². The molecule has 0 fully saturated rings. The fourth-order valence-corrected chi connectivity index (χ4v) is 1.93. The Hall–Kier alpha value is -1.72. The number of hydrogen-bond donors (Lipinski definition) is 7. The summed E-state index contributed by atoms with van der Waals surface area (Å²) in [6, 6.07) is -1.44. The number of ether oxygens (including phenoxy) is 1. The number of carbonyl (C=O) groups excluding carboxylic acids is 1. The first-order valence-corrected chi connectivity index (χ1v) is 5.98. The van der Waals surface area contributed by atoms with Gasteiger partial charge >= 0.3 is 5.97 Å². The van der Waals surface area contributed by atoms with Crippen molar-refractivity contribution in [2.24, 2.45) is 5.73 Å². The second kappa shape index (κ2) is 6.37. The van der Waals surface area contributed by atoms with Crippen LogP contribution in [0.4, 0.5) is 0 Å². The number of hydrogen-bond acceptors (Lipinski definition) is 8. The van der Waals surface area contributed by atoms with E-state index in [1.807, 2.05) is 0 Å². The van der Waals surface area contributed by atoms with Crippen LogP contribution in [-0.4, -0.2) is 74.1 Å². The number of carboxylic acids is 1. The maximum atomic E-state index is 11.2. The largest absolute Gasteiger partial charge is 0.478 e. The molecule has 10 nitrogen and oxygen atoms in total. The zero-order valence-electron chi connectivity index (χ0n) is 11.1. The molecule has 0 aromatic rings. The Balaban J connectivity index is 3.19. The summed E-state index contributed by atoms with van der Waals surface area (Å²) in [5, 5.41) is 49.3. The van der Waals surface area contributed by atoms with Gasteiger partial charge in [-0.2, -0.15) is 0 Å². The van der Waals surface area contributed by atoms with E-state index in [9.17, 15) is 24.9 Å². The second-order valence-electron chi connectivity index (χ2n) is 4.70. The first-order valence-electron chi connectivity index (χ1n) is 5.98. The van der Waals surface area contributed by atoms with Crippen LogP contribution in [0.1, 0.15) is 6.92 Å². The molecule has 0 bridgehead atoms. The van der Waals surface area contributed by atoms with Crippen molar-refractivity contribution in [1.29, 1.82) is 0 Å². The molecule has 5 atom stereocenters. The van der Waals surface area contributed by atoms with Gasteiger partial charge in [-0.05, 0) is 0 Å². The minimum atomic E-state index is -2.33. The number of rotatable bonds is 5. The van der Waals surface area contributed by atoms with E-state index in [-0.39, 0.29) is 0 Å². The molecule has 0 unspecified atom stereocenters. The van der Waals surface area contributed by atoms with Gasteiger partial charge in [0.05, 0.1) is 6.61 Å². The molecule has 0 saturated carbocycles. The van der Waals surface area contributed by atoms with E-state index in [2.05, 4.69) is 5.32 Å². The highest BCUT2D eigenvalue weighted by Gasteiger charge is 2.49. The van der Waals surface area contributed by atoms with Crippen molar-refractivity contribution >= 4 is 11.9 Å². The SMILES string of the molecule is CC(=O)N[C@H]1[C@H]([C@H](O)[C@H](O)CO)OC(C(=O)O)=C[C@]1(N)O. The predicted octanol–water partition coefficient (Wildman–Crippen LogP) is -3.78. The summed E-state index contributed by atoms with van der Waals surface area (Å²) in [7, 11) is 0. The second-order valence-corrected chi connectivity index (χ2v) is 4.70. The number of nitrogens with two attached hydrogens (primary N) is 1. The van der Waals surface area contributed by atoms with Crippen molar-refractivity contribution in [3.63, 3.8) is 0 Å². The Morgan fingerprint density at radius 2 is 2.10 bits per heavy atom. The van der Waals surface area contributed by atoms with Gasteiger partial charge < -0.3 is 35.6 Å². The molecule has 1 amide bonds. The minimum absolute atomic E-state index is 0.629. The third-order valence-electron chi connectivity index (χ3n) is 2.94. The van der Waals surface area contributed by atoms with Crippen LogP contribution < -0.4 is 11.1 Å². The number of aliphatic carboxylic acids is 1. The van der Waals surface area contributed by atoms with Crippen LogP contribution in [0.15, 0.2) is 11.8 Å². The lowest BCUT2D eigenvalue weighted by Gasteiger charge is -2.42. The van der Waals surface area contributed by atoms with Gasteiger partial charge in [0.15, 0.2) is 11.8 Å². The van der Waals surface area contributed by atoms with Crippen LogP contribution in [0.5, 0.6) is 0 Å². The molecule has 21 heavy (non-hydrogen) atoms. The van der Waals surface area contributed by atoms with Gasteiger partial charge in [0.2, 0.25) is 11.7 Å². The average Bonchev–Trinajstić information content (AvgIpc) is 2.38. The third kappa shape index (κ3) is 3.89. The number of amides is 1. The van der Waals surface area contributed by atoms with Gasteiger partial charge in [-0.1, -0.05) is 0 Å². The summed E-state index contributed by atoms with van der Waals surface area (Å²) in [5.74, 6) is -2.94. The first-order chi connectivity index (χ1) is 9.60. The molecule has 0 aliphatic carbocycles. The number of carboxylic acid groups (broad SMARTS) is 1. The van der Waals surface area contributed by atoms with Crippen LogP contribution in [0.25, 0.3) is 0 Å². The number of carbonyl (C=O) groups is 2.